The van der Waals surface area contributed by atoms with E-state index in [1.54, 1.807) is 0 Å². The molecule has 8 heteroatoms. The third-order valence-corrected chi connectivity index (χ3v) is 6.72. The van der Waals surface area contributed by atoms with Crippen LogP contribution < -0.4 is 9.47 Å². The van der Waals surface area contributed by atoms with Crippen LogP contribution in [0.5, 0.6) is 11.5 Å². The number of ether oxygens (including phenoxy) is 2. The Morgan fingerprint density at radius 1 is 1.09 bits per heavy atom. The van der Waals surface area contributed by atoms with Gasteiger partial charge in [0.2, 0.25) is 6.79 Å². The van der Waals surface area contributed by atoms with Crippen LogP contribution in [-0.4, -0.2) is 77.9 Å². The number of benzene rings is 1. The van der Waals surface area contributed by atoms with Crippen molar-refractivity contribution in [2.24, 2.45) is 0 Å². The lowest BCUT2D eigenvalue weighted by Gasteiger charge is -2.43. The molecule has 1 aromatic carbocycles. The molecule has 0 unspecified atom stereocenters. The van der Waals surface area contributed by atoms with Gasteiger partial charge in [0.15, 0.2) is 17.2 Å². The van der Waals surface area contributed by atoms with E-state index < -0.39 is 0 Å². The van der Waals surface area contributed by atoms with Crippen molar-refractivity contribution in [2.45, 2.75) is 45.2 Å². The molecular formula is C24H32N4O4. The van der Waals surface area contributed by atoms with Crippen LogP contribution in [0.25, 0.3) is 0 Å². The van der Waals surface area contributed by atoms with Crippen LogP contribution in [-0.2, 0) is 13.0 Å². The number of aryl methyl sites for hydroxylation is 1. The van der Waals surface area contributed by atoms with E-state index in [1.165, 1.54) is 5.56 Å². The van der Waals surface area contributed by atoms with Crippen LogP contribution in [0.1, 0.15) is 48.0 Å². The van der Waals surface area contributed by atoms with Gasteiger partial charge in [0.05, 0.1) is 0 Å². The van der Waals surface area contributed by atoms with Crippen molar-refractivity contribution in [1.29, 1.82) is 0 Å². The molecule has 0 aliphatic carbocycles. The SMILES string of the molecule is CCCc1cc(C(=O)N2CCC[C@H](N3CCN(Cc4ccc5c(c4)OCO5)CC3)C2)no1. The second kappa shape index (κ2) is 9.50. The van der Waals surface area contributed by atoms with Crippen LogP contribution in [0.3, 0.4) is 0 Å². The average molecular weight is 441 g/mol. The first-order chi connectivity index (χ1) is 15.7. The lowest BCUT2D eigenvalue weighted by molar-refractivity contribution is 0.0401. The first-order valence-corrected chi connectivity index (χ1v) is 11.8. The molecule has 172 valence electrons. The van der Waals surface area contributed by atoms with E-state index in [4.69, 9.17) is 14.0 Å². The average Bonchev–Trinajstić information content (AvgIpc) is 3.49. The summed E-state index contributed by atoms with van der Waals surface area (Å²) in [5.41, 5.74) is 1.70. The molecule has 1 amide bonds. The molecule has 0 N–H and O–H groups in total. The van der Waals surface area contributed by atoms with Crippen LogP contribution >= 0.6 is 0 Å². The normalized spacial score (nSPS) is 21.8. The molecular weight excluding hydrogens is 408 g/mol. The Labute approximate surface area is 189 Å². The largest absolute Gasteiger partial charge is 0.454 e. The maximum absolute atomic E-state index is 12.9. The zero-order valence-corrected chi connectivity index (χ0v) is 18.8. The van der Waals surface area contributed by atoms with E-state index in [0.717, 1.165) is 88.8 Å². The van der Waals surface area contributed by atoms with Crippen molar-refractivity contribution in [3.8, 4) is 11.5 Å². The highest BCUT2D eigenvalue weighted by molar-refractivity contribution is 5.92. The molecule has 1 atom stereocenters. The molecule has 3 aliphatic heterocycles. The van der Waals surface area contributed by atoms with E-state index >= 15 is 0 Å². The Kier molecular flexibility index (Phi) is 6.32. The highest BCUT2D eigenvalue weighted by Gasteiger charge is 2.31. The second-order valence-electron chi connectivity index (χ2n) is 8.98. The molecule has 2 saturated heterocycles. The first kappa shape index (κ1) is 21.3. The number of rotatable bonds is 6. The minimum absolute atomic E-state index is 0.00208. The number of hydrogen-bond donors (Lipinski definition) is 0. The maximum atomic E-state index is 12.9. The molecule has 0 bridgehead atoms. The Morgan fingerprint density at radius 3 is 2.78 bits per heavy atom. The second-order valence-corrected chi connectivity index (χ2v) is 8.98. The van der Waals surface area contributed by atoms with Gasteiger partial charge in [-0.2, -0.15) is 0 Å². The molecule has 4 heterocycles. The number of carbonyl (C=O) groups is 1. The number of hydrogen-bond acceptors (Lipinski definition) is 7. The summed E-state index contributed by atoms with van der Waals surface area (Å²) in [5, 5.41) is 4.02. The molecule has 1 aromatic heterocycles. The summed E-state index contributed by atoms with van der Waals surface area (Å²) < 4.78 is 16.2. The number of carbonyl (C=O) groups excluding carboxylic acids is 1. The number of amides is 1. The Hall–Kier alpha value is -2.58. The quantitative estimate of drug-likeness (QED) is 0.684. The number of fused-ring (bicyclic) bond motifs is 1. The molecule has 32 heavy (non-hydrogen) atoms. The highest BCUT2D eigenvalue weighted by Crippen LogP contribution is 2.33. The number of piperidine rings is 1. The van der Waals surface area contributed by atoms with E-state index in [9.17, 15) is 4.79 Å². The van der Waals surface area contributed by atoms with Crippen LogP contribution in [0, 0.1) is 0 Å². The fourth-order valence-electron chi connectivity index (χ4n) is 4.96. The minimum Gasteiger partial charge on any atom is -0.454 e. The maximum Gasteiger partial charge on any atom is 0.276 e. The Balaban J connectivity index is 1.13. The van der Waals surface area contributed by atoms with E-state index in [1.807, 2.05) is 17.0 Å². The Bertz CT molecular complexity index is 938. The standard InChI is InChI=1S/C24H32N4O4/c1-2-4-20-14-21(25-32-20)24(29)28-8-3-5-19(16-28)27-11-9-26(10-12-27)15-18-6-7-22-23(13-18)31-17-30-22/h6-7,13-14,19H,2-5,8-12,15-17H2,1H3/t19-/m0/s1. The van der Waals surface area contributed by atoms with Gasteiger partial charge in [0.25, 0.3) is 5.91 Å². The predicted molar refractivity (Wildman–Crippen MR) is 119 cm³/mol. The summed E-state index contributed by atoms with van der Waals surface area (Å²) in [6.07, 6.45) is 3.98. The number of piperazine rings is 1. The Morgan fingerprint density at radius 2 is 1.94 bits per heavy atom. The van der Waals surface area contributed by atoms with Gasteiger partial charge < -0.3 is 18.9 Å². The van der Waals surface area contributed by atoms with Gasteiger partial charge in [-0.05, 0) is 37.0 Å². The summed E-state index contributed by atoms with van der Waals surface area (Å²) in [6, 6.07) is 8.45. The summed E-state index contributed by atoms with van der Waals surface area (Å²) in [6.45, 7) is 9.02. The molecule has 0 radical (unpaired) electrons. The molecule has 2 fully saturated rings. The first-order valence-electron chi connectivity index (χ1n) is 11.8. The predicted octanol–water partition coefficient (Wildman–Crippen LogP) is 2.78. The monoisotopic (exact) mass is 440 g/mol. The fraction of sp³-hybridized carbons (Fsp3) is 0.583. The van der Waals surface area contributed by atoms with Crippen molar-refractivity contribution in [1.82, 2.24) is 19.9 Å². The summed E-state index contributed by atoms with van der Waals surface area (Å²) in [5.74, 6) is 2.48. The zero-order chi connectivity index (χ0) is 21.9. The van der Waals surface area contributed by atoms with Gasteiger partial charge in [-0.3, -0.25) is 14.6 Å². The summed E-state index contributed by atoms with van der Waals surface area (Å²) in [4.78, 5) is 19.9. The number of nitrogens with zero attached hydrogens (tertiary/aromatic N) is 4. The van der Waals surface area contributed by atoms with Crippen molar-refractivity contribution < 1.29 is 18.8 Å². The van der Waals surface area contributed by atoms with Crippen LogP contribution in [0.4, 0.5) is 0 Å². The lowest BCUT2D eigenvalue weighted by atomic mass is 10.0. The summed E-state index contributed by atoms with van der Waals surface area (Å²) >= 11 is 0. The fourth-order valence-corrected chi connectivity index (χ4v) is 4.96. The van der Waals surface area contributed by atoms with E-state index in [2.05, 4.69) is 34.0 Å². The smallest absolute Gasteiger partial charge is 0.276 e. The number of aromatic nitrogens is 1. The van der Waals surface area contributed by atoms with E-state index in [-0.39, 0.29) is 5.91 Å². The van der Waals surface area contributed by atoms with Crippen LogP contribution in [0.2, 0.25) is 0 Å². The molecule has 5 rings (SSSR count). The van der Waals surface area contributed by atoms with Crippen molar-refractivity contribution in [2.75, 3.05) is 46.1 Å². The van der Waals surface area contributed by atoms with Crippen molar-refractivity contribution in [3.05, 3.63) is 41.3 Å². The molecule has 0 saturated carbocycles. The van der Waals surface area contributed by atoms with Gasteiger partial charge in [0.1, 0.15) is 5.76 Å². The van der Waals surface area contributed by atoms with Gasteiger partial charge >= 0.3 is 0 Å². The number of likely N-dealkylation sites (tertiary alicyclic amines) is 1. The third-order valence-electron chi connectivity index (χ3n) is 6.72. The highest BCUT2D eigenvalue weighted by atomic mass is 16.7. The zero-order valence-electron chi connectivity index (χ0n) is 18.8. The molecule has 3 aliphatic rings. The van der Waals surface area contributed by atoms with Crippen LogP contribution in [0.15, 0.2) is 28.8 Å². The molecule has 8 nitrogen and oxygen atoms in total. The summed E-state index contributed by atoms with van der Waals surface area (Å²) in [7, 11) is 0. The van der Waals surface area contributed by atoms with Gasteiger partial charge in [-0.1, -0.05) is 18.1 Å². The van der Waals surface area contributed by atoms with E-state index in [0.29, 0.717) is 18.5 Å². The van der Waals surface area contributed by atoms with Gasteiger partial charge in [-0.25, -0.2) is 0 Å². The topological polar surface area (TPSA) is 71.3 Å². The van der Waals surface area contributed by atoms with Crippen molar-refractivity contribution >= 4 is 5.91 Å². The third kappa shape index (κ3) is 4.61. The van der Waals surface area contributed by atoms with Crippen molar-refractivity contribution in [3.63, 3.8) is 0 Å². The molecule has 2 aromatic rings. The minimum atomic E-state index is 0.00208. The molecule has 0 spiro atoms. The van der Waals surface area contributed by atoms with Gasteiger partial charge in [-0.15, -0.1) is 0 Å². The van der Waals surface area contributed by atoms with Gasteiger partial charge in [0, 0.05) is 64.3 Å². The lowest BCUT2D eigenvalue weighted by Crippen LogP contribution is -2.55.